The average Bonchev–Trinajstić information content (AvgIpc) is 2.72. The van der Waals surface area contributed by atoms with Gasteiger partial charge in [0.15, 0.2) is 11.5 Å². The maximum absolute atomic E-state index is 5.68. The largest absolute Gasteiger partial charge is 0.454 e. The topological polar surface area (TPSA) is 53.7 Å². The number of hydrogen-bond acceptors (Lipinski definition) is 4. The van der Waals surface area contributed by atoms with E-state index >= 15 is 0 Å². The smallest absolute Gasteiger partial charge is 0.231 e. The normalized spacial score (nSPS) is 15.3. The fraction of sp³-hybridized carbons (Fsp3) is 0.455. The number of nitrogens with two attached hydrogens (primary N) is 1. The molecule has 4 heteroatoms. The van der Waals surface area contributed by atoms with Gasteiger partial charge in [0.2, 0.25) is 6.79 Å². The zero-order valence-corrected chi connectivity index (χ0v) is 8.73. The third-order valence-corrected chi connectivity index (χ3v) is 2.52. The van der Waals surface area contributed by atoms with Crippen molar-refractivity contribution in [3.8, 4) is 11.5 Å². The Balaban J connectivity index is 2.20. The maximum Gasteiger partial charge on any atom is 0.231 e. The highest BCUT2D eigenvalue weighted by Crippen LogP contribution is 2.34. The molecule has 82 valence electrons. The molecule has 0 aromatic heterocycles. The van der Waals surface area contributed by atoms with E-state index in [0.29, 0.717) is 19.9 Å². The van der Waals surface area contributed by atoms with Crippen molar-refractivity contribution < 1.29 is 14.2 Å². The molecule has 1 unspecified atom stereocenters. The van der Waals surface area contributed by atoms with Crippen molar-refractivity contribution in [2.45, 2.75) is 5.92 Å². The van der Waals surface area contributed by atoms with Crippen LogP contribution in [0, 0.1) is 0 Å². The molecule has 1 atom stereocenters. The number of fused-ring (bicyclic) bond motifs is 1. The van der Waals surface area contributed by atoms with Crippen LogP contribution in [0.5, 0.6) is 11.5 Å². The Morgan fingerprint density at radius 2 is 2.20 bits per heavy atom. The van der Waals surface area contributed by atoms with Crippen LogP contribution in [0.1, 0.15) is 11.5 Å². The lowest BCUT2D eigenvalue weighted by atomic mass is 10.00. The van der Waals surface area contributed by atoms with Crippen LogP contribution in [-0.4, -0.2) is 27.1 Å². The predicted octanol–water partition coefficient (Wildman–Crippen LogP) is 1.10. The lowest BCUT2D eigenvalue weighted by Crippen LogP contribution is -2.17. The van der Waals surface area contributed by atoms with Crippen molar-refractivity contribution in [3.05, 3.63) is 23.8 Å². The van der Waals surface area contributed by atoms with Gasteiger partial charge in [-0.3, -0.25) is 0 Å². The van der Waals surface area contributed by atoms with Crippen LogP contribution < -0.4 is 15.2 Å². The Kier molecular flexibility index (Phi) is 3.08. The molecule has 1 aliphatic heterocycles. The van der Waals surface area contributed by atoms with Crippen LogP contribution in [-0.2, 0) is 4.74 Å². The van der Waals surface area contributed by atoms with E-state index < -0.39 is 0 Å². The van der Waals surface area contributed by atoms with Crippen molar-refractivity contribution in [2.24, 2.45) is 5.73 Å². The van der Waals surface area contributed by atoms with Crippen LogP contribution in [0.2, 0.25) is 0 Å². The second-order valence-corrected chi connectivity index (χ2v) is 3.50. The average molecular weight is 209 g/mol. The lowest BCUT2D eigenvalue weighted by Gasteiger charge is -2.14. The van der Waals surface area contributed by atoms with Gasteiger partial charge in [-0.15, -0.1) is 0 Å². The minimum atomic E-state index is 0.212. The predicted molar refractivity (Wildman–Crippen MR) is 56.2 cm³/mol. The first-order chi connectivity index (χ1) is 7.35. The van der Waals surface area contributed by atoms with Gasteiger partial charge < -0.3 is 19.9 Å². The first-order valence-corrected chi connectivity index (χ1v) is 4.93. The molecule has 0 bridgehead atoms. The Morgan fingerprint density at radius 1 is 1.40 bits per heavy atom. The number of ether oxygens (including phenoxy) is 3. The molecule has 15 heavy (non-hydrogen) atoms. The van der Waals surface area contributed by atoms with Crippen LogP contribution in [0.25, 0.3) is 0 Å². The fourth-order valence-corrected chi connectivity index (χ4v) is 1.67. The van der Waals surface area contributed by atoms with Crippen molar-refractivity contribution in [2.75, 3.05) is 27.1 Å². The molecular formula is C11H15NO3. The SMILES string of the molecule is COCC(CN)c1ccc2c(c1)OCO2. The summed E-state index contributed by atoms with van der Waals surface area (Å²) < 4.78 is 15.7. The summed E-state index contributed by atoms with van der Waals surface area (Å²) >= 11 is 0. The van der Waals surface area contributed by atoms with Crippen LogP contribution in [0.3, 0.4) is 0 Å². The highest BCUT2D eigenvalue weighted by atomic mass is 16.7. The standard InChI is InChI=1S/C11H15NO3/c1-13-6-9(5-12)8-2-3-10-11(4-8)15-7-14-10/h2-4,9H,5-7,12H2,1H3. The minimum Gasteiger partial charge on any atom is -0.454 e. The van der Waals surface area contributed by atoms with Crippen molar-refractivity contribution >= 4 is 0 Å². The van der Waals surface area contributed by atoms with E-state index in [1.54, 1.807) is 7.11 Å². The van der Waals surface area contributed by atoms with Gasteiger partial charge in [0.05, 0.1) is 6.61 Å². The summed E-state index contributed by atoms with van der Waals surface area (Å²) in [7, 11) is 1.68. The van der Waals surface area contributed by atoms with Gasteiger partial charge >= 0.3 is 0 Å². The van der Waals surface area contributed by atoms with Crippen molar-refractivity contribution in [1.29, 1.82) is 0 Å². The van der Waals surface area contributed by atoms with E-state index in [1.165, 1.54) is 0 Å². The number of methoxy groups -OCH3 is 1. The van der Waals surface area contributed by atoms with E-state index in [1.807, 2.05) is 18.2 Å². The van der Waals surface area contributed by atoms with Gasteiger partial charge in [0.1, 0.15) is 0 Å². The lowest BCUT2D eigenvalue weighted by molar-refractivity contribution is 0.173. The van der Waals surface area contributed by atoms with Crippen molar-refractivity contribution in [3.63, 3.8) is 0 Å². The first kappa shape index (κ1) is 10.3. The summed E-state index contributed by atoms with van der Waals surface area (Å²) in [6, 6.07) is 5.89. The van der Waals surface area contributed by atoms with Crippen LogP contribution >= 0.6 is 0 Å². The molecule has 0 aliphatic carbocycles. The summed E-state index contributed by atoms with van der Waals surface area (Å²) in [6.45, 7) is 1.49. The number of benzene rings is 1. The maximum atomic E-state index is 5.68. The zero-order chi connectivity index (χ0) is 10.7. The van der Waals surface area contributed by atoms with Gasteiger partial charge in [-0.25, -0.2) is 0 Å². The molecule has 0 amide bonds. The van der Waals surface area contributed by atoms with E-state index in [2.05, 4.69) is 0 Å². The third kappa shape index (κ3) is 2.06. The Hall–Kier alpha value is -1.26. The van der Waals surface area contributed by atoms with E-state index in [4.69, 9.17) is 19.9 Å². The first-order valence-electron chi connectivity index (χ1n) is 4.93. The zero-order valence-electron chi connectivity index (χ0n) is 8.73. The Bertz CT molecular complexity index is 341. The van der Waals surface area contributed by atoms with E-state index in [-0.39, 0.29) is 5.92 Å². The van der Waals surface area contributed by atoms with E-state index in [0.717, 1.165) is 17.1 Å². The molecule has 1 aromatic carbocycles. The summed E-state index contributed by atoms with van der Waals surface area (Å²) in [5, 5.41) is 0. The number of rotatable bonds is 4. The molecule has 1 aliphatic rings. The van der Waals surface area contributed by atoms with Crippen LogP contribution in [0.4, 0.5) is 0 Å². The van der Waals surface area contributed by atoms with Gasteiger partial charge in [0.25, 0.3) is 0 Å². The van der Waals surface area contributed by atoms with E-state index in [9.17, 15) is 0 Å². The molecule has 2 N–H and O–H groups in total. The van der Waals surface area contributed by atoms with Gasteiger partial charge in [-0.1, -0.05) is 6.07 Å². The van der Waals surface area contributed by atoms with Gasteiger partial charge in [-0.05, 0) is 17.7 Å². The molecular weight excluding hydrogens is 194 g/mol. The molecule has 0 saturated carbocycles. The van der Waals surface area contributed by atoms with Crippen molar-refractivity contribution in [1.82, 2.24) is 0 Å². The quantitative estimate of drug-likeness (QED) is 0.807. The summed E-state index contributed by atoms with van der Waals surface area (Å²) in [6.07, 6.45) is 0. The third-order valence-electron chi connectivity index (χ3n) is 2.52. The van der Waals surface area contributed by atoms with Crippen LogP contribution in [0.15, 0.2) is 18.2 Å². The molecule has 0 spiro atoms. The van der Waals surface area contributed by atoms with Gasteiger partial charge in [0, 0.05) is 19.6 Å². The second kappa shape index (κ2) is 4.51. The molecule has 0 radical (unpaired) electrons. The molecule has 1 aromatic rings. The minimum absolute atomic E-state index is 0.212. The monoisotopic (exact) mass is 209 g/mol. The highest BCUT2D eigenvalue weighted by Gasteiger charge is 2.16. The Morgan fingerprint density at radius 3 is 2.93 bits per heavy atom. The molecule has 0 fully saturated rings. The molecule has 0 saturated heterocycles. The molecule has 1 heterocycles. The fourth-order valence-electron chi connectivity index (χ4n) is 1.67. The van der Waals surface area contributed by atoms with Gasteiger partial charge in [-0.2, -0.15) is 0 Å². The highest BCUT2D eigenvalue weighted by molar-refractivity contribution is 5.45. The Labute approximate surface area is 88.9 Å². The second-order valence-electron chi connectivity index (χ2n) is 3.50. The summed E-state index contributed by atoms with van der Waals surface area (Å²) in [5.41, 5.74) is 6.81. The molecule has 2 rings (SSSR count). The summed E-state index contributed by atoms with van der Waals surface area (Å²) in [4.78, 5) is 0. The summed E-state index contributed by atoms with van der Waals surface area (Å²) in [5.74, 6) is 1.80. The number of hydrogen-bond donors (Lipinski definition) is 1. The molecule has 4 nitrogen and oxygen atoms in total.